The maximum Gasteiger partial charge on any atom is 0.332 e. The molecule has 1 aromatic carbocycles. The Labute approximate surface area is 149 Å². The molecule has 25 heavy (non-hydrogen) atoms. The fraction of sp³-hybridized carbons (Fsp3) is 0.500. The molecular weight excluding hydrogens is 354 g/mol. The number of carboxylic acid groups (broad SMARTS) is 1. The van der Waals surface area contributed by atoms with Crippen molar-refractivity contribution in [3.63, 3.8) is 0 Å². The van der Waals surface area contributed by atoms with Gasteiger partial charge in [0.15, 0.2) is 6.10 Å². The largest absolute Gasteiger partial charge is 0.479 e. The summed E-state index contributed by atoms with van der Waals surface area (Å²) in [5, 5.41) is 41.7. The van der Waals surface area contributed by atoms with Gasteiger partial charge < -0.3 is 30.5 Å². The number of benzene rings is 1. The monoisotopic (exact) mass is 373 g/mol. The lowest BCUT2D eigenvalue weighted by Gasteiger charge is -2.35. The van der Waals surface area contributed by atoms with E-state index < -0.39 is 42.4 Å². The van der Waals surface area contributed by atoms with E-state index in [1.54, 1.807) is 18.2 Å². The fourth-order valence-corrected chi connectivity index (χ4v) is 2.80. The molecular formula is C16H20ClNO7. The topological polar surface area (TPSA) is 136 Å². The van der Waals surface area contributed by atoms with Gasteiger partial charge in [0.1, 0.15) is 6.10 Å². The van der Waals surface area contributed by atoms with Crippen LogP contribution in [0.2, 0.25) is 5.02 Å². The van der Waals surface area contributed by atoms with Crippen LogP contribution in [0.4, 0.5) is 0 Å². The second-order valence-electron chi connectivity index (χ2n) is 5.90. The molecule has 0 bridgehead atoms. The predicted octanol–water partition coefficient (Wildman–Crippen LogP) is -0.215. The first-order valence-electron chi connectivity index (χ1n) is 7.74. The van der Waals surface area contributed by atoms with Crippen LogP contribution in [0.25, 0.3) is 0 Å². The number of carboxylic acids is 1. The second kappa shape index (κ2) is 8.59. The van der Waals surface area contributed by atoms with E-state index in [-0.39, 0.29) is 19.4 Å². The zero-order valence-corrected chi connectivity index (χ0v) is 14.0. The summed E-state index contributed by atoms with van der Waals surface area (Å²) in [7, 11) is 0. The molecule has 1 aliphatic heterocycles. The Hall–Kier alpha value is -1.71. The summed E-state index contributed by atoms with van der Waals surface area (Å²) in [6.45, 7) is -0.278. The van der Waals surface area contributed by atoms with Crippen molar-refractivity contribution in [2.24, 2.45) is 0 Å². The number of rotatable bonds is 6. The number of hydrogen-bond donors (Lipinski definition) is 5. The van der Waals surface area contributed by atoms with Gasteiger partial charge in [-0.05, 0) is 18.2 Å². The Morgan fingerprint density at radius 3 is 2.68 bits per heavy atom. The molecule has 1 fully saturated rings. The van der Waals surface area contributed by atoms with Gasteiger partial charge in [-0.2, -0.15) is 0 Å². The molecule has 9 heteroatoms. The molecule has 2 rings (SSSR count). The molecule has 5 N–H and O–H groups in total. The van der Waals surface area contributed by atoms with Gasteiger partial charge in [-0.25, -0.2) is 4.79 Å². The van der Waals surface area contributed by atoms with Gasteiger partial charge in [0, 0.05) is 30.0 Å². The van der Waals surface area contributed by atoms with Gasteiger partial charge in [0.05, 0.1) is 18.3 Å². The molecule has 1 aromatic rings. The third-order valence-corrected chi connectivity index (χ3v) is 4.17. The minimum atomic E-state index is -1.46. The van der Waals surface area contributed by atoms with E-state index in [1.165, 1.54) is 6.07 Å². The quantitative estimate of drug-likeness (QED) is 0.465. The van der Waals surface area contributed by atoms with Gasteiger partial charge in [-0.15, -0.1) is 0 Å². The fourth-order valence-electron chi connectivity index (χ4n) is 2.61. The molecule has 0 aliphatic carbocycles. The average Bonchev–Trinajstić information content (AvgIpc) is 2.58. The first-order valence-corrected chi connectivity index (χ1v) is 8.12. The highest BCUT2D eigenvalue weighted by Crippen LogP contribution is 2.23. The van der Waals surface area contributed by atoms with Crippen molar-refractivity contribution in [1.82, 2.24) is 5.32 Å². The summed E-state index contributed by atoms with van der Waals surface area (Å²) in [6.07, 6.45) is -6.21. The van der Waals surface area contributed by atoms with Gasteiger partial charge >= 0.3 is 5.97 Å². The van der Waals surface area contributed by atoms with Crippen LogP contribution in [0.5, 0.6) is 0 Å². The summed E-state index contributed by atoms with van der Waals surface area (Å²) in [5.41, 5.74) is 0.296. The van der Waals surface area contributed by atoms with Crippen LogP contribution in [0.1, 0.15) is 23.2 Å². The molecule has 3 unspecified atom stereocenters. The highest BCUT2D eigenvalue weighted by molar-refractivity contribution is 6.30. The lowest BCUT2D eigenvalue weighted by molar-refractivity contribution is -0.184. The summed E-state index contributed by atoms with van der Waals surface area (Å²) in [5.74, 6) is -1.73. The molecule has 0 saturated carbocycles. The molecule has 1 aliphatic rings. The van der Waals surface area contributed by atoms with Crippen molar-refractivity contribution in [2.75, 3.05) is 6.54 Å². The molecule has 1 heterocycles. The van der Waals surface area contributed by atoms with E-state index in [1.807, 2.05) is 0 Å². The first kappa shape index (κ1) is 19.6. The SMILES string of the molecule is O=C(NC[C@@H](O)[C@@H](O)C1CC(O)CC(C(=O)O)O1)c1cccc(Cl)c1. The molecule has 0 spiro atoms. The van der Waals surface area contributed by atoms with Gasteiger partial charge in [-0.3, -0.25) is 4.79 Å². The van der Waals surface area contributed by atoms with Gasteiger partial charge in [0.25, 0.3) is 5.91 Å². The van der Waals surface area contributed by atoms with Crippen molar-refractivity contribution in [3.8, 4) is 0 Å². The molecule has 138 valence electrons. The highest BCUT2D eigenvalue weighted by atomic mass is 35.5. The normalized spacial score (nSPS) is 25.8. The van der Waals surface area contributed by atoms with Crippen molar-refractivity contribution < 1.29 is 34.8 Å². The smallest absolute Gasteiger partial charge is 0.332 e. The van der Waals surface area contributed by atoms with E-state index in [2.05, 4.69) is 5.32 Å². The molecule has 1 amide bonds. The number of aliphatic carboxylic acids is 1. The van der Waals surface area contributed by atoms with Gasteiger partial charge in [-0.1, -0.05) is 17.7 Å². The third kappa shape index (κ3) is 5.38. The van der Waals surface area contributed by atoms with E-state index in [0.29, 0.717) is 10.6 Å². The number of carbonyl (C=O) groups is 2. The number of ether oxygens (including phenoxy) is 1. The van der Waals surface area contributed by atoms with Crippen molar-refractivity contribution in [2.45, 2.75) is 43.4 Å². The van der Waals surface area contributed by atoms with Crippen molar-refractivity contribution in [3.05, 3.63) is 34.9 Å². The molecule has 1 saturated heterocycles. The third-order valence-electron chi connectivity index (χ3n) is 3.94. The van der Waals surface area contributed by atoms with Crippen LogP contribution in [-0.2, 0) is 9.53 Å². The van der Waals surface area contributed by atoms with Crippen molar-refractivity contribution >= 4 is 23.5 Å². The van der Waals surface area contributed by atoms with Crippen LogP contribution < -0.4 is 5.32 Å². The lowest BCUT2D eigenvalue weighted by Crippen LogP contribution is -2.51. The maximum absolute atomic E-state index is 12.0. The Bertz CT molecular complexity index is 626. The van der Waals surface area contributed by atoms with E-state index in [0.717, 1.165) is 0 Å². The summed E-state index contributed by atoms with van der Waals surface area (Å²) >= 11 is 5.80. The Balaban J connectivity index is 1.90. The number of nitrogens with one attached hydrogen (secondary N) is 1. The van der Waals surface area contributed by atoms with E-state index in [9.17, 15) is 24.9 Å². The molecule has 0 aromatic heterocycles. The average molecular weight is 374 g/mol. The second-order valence-corrected chi connectivity index (χ2v) is 6.34. The molecule has 8 nitrogen and oxygen atoms in total. The van der Waals surface area contributed by atoms with E-state index in [4.69, 9.17) is 21.4 Å². The standard InChI is InChI=1S/C16H20ClNO7/c17-9-3-1-2-8(4-9)15(22)18-7-11(20)14(21)12-5-10(19)6-13(25-12)16(23)24/h1-4,10-14,19-21H,5-7H2,(H,18,22)(H,23,24)/t10?,11-,12?,13?,14-/m1/s1. The summed E-state index contributed by atoms with van der Waals surface area (Å²) in [4.78, 5) is 23.0. The van der Waals surface area contributed by atoms with Crippen LogP contribution in [0, 0.1) is 0 Å². The van der Waals surface area contributed by atoms with Crippen molar-refractivity contribution in [1.29, 1.82) is 0 Å². The van der Waals surface area contributed by atoms with Crippen LogP contribution in [-0.4, -0.2) is 69.4 Å². The lowest BCUT2D eigenvalue weighted by atomic mass is 9.95. The summed E-state index contributed by atoms with van der Waals surface area (Å²) < 4.78 is 5.21. The molecule has 5 atom stereocenters. The van der Waals surface area contributed by atoms with Crippen LogP contribution in [0.15, 0.2) is 24.3 Å². The Kier molecular flexibility index (Phi) is 6.74. The van der Waals surface area contributed by atoms with Gasteiger partial charge in [0.2, 0.25) is 0 Å². The first-order chi connectivity index (χ1) is 11.8. The maximum atomic E-state index is 12.0. The summed E-state index contributed by atoms with van der Waals surface area (Å²) in [6, 6.07) is 6.22. The molecule has 0 radical (unpaired) electrons. The number of hydrogen-bond acceptors (Lipinski definition) is 6. The number of halogens is 1. The zero-order chi connectivity index (χ0) is 18.6. The number of amides is 1. The highest BCUT2D eigenvalue weighted by Gasteiger charge is 2.38. The Morgan fingerprint density at radius 1 is 1.32 bits per heavy atom. The predicted molar refractivity (Wildman–Crippen MR) is 87.3 cm³/mol. The minimum absolute atomic E-state index is 0.00968. The minimum Gasteiger partial charge on any atom is -0.479 e. The van der Waals surface area contributed by atoms with Crippen LogP contribution in [0.3, 0.4) is 0 Å². The van der Waals surface area contributed by atoms with E-state index >= 15 is 0 Å². The zero-order valence-electron chi connectivity index (χ0n) is 13.2. The number of aliphatic hydroxyl groups is 3. The van der Waals surface area contributed by atoms with Crippen LogP contribution >= 0.6 is 11.6 Å². The number of aliphatic hydroxyl groups excluding tert-OH is 3. The Morgan fingerprint density at radius 2 is 2.04 bits per heavy atom. The number of carbonyl (C=O) groups excluding carboxylic acids is 1.